The number of nitrogens with one attached hydrogen (secondary N) is 1. The highest BCUT2D eigenvalue weighted by Crippen LogP contribution is 2.16. The van der Waals surface area contributed by atoms with Gasteiger partial charge in [0.05, 0.1) is 25.2 Å². The SMILES string of the molecule is CC/C=C\C/C=C\C/C=C\C/C=C\C/C=C\CCCC(=O)OC(CCCC/C=C/C/C=C/C/C=C/CC)CC(=O)NC(CO)C(O)CCCCCCCCCCCCC. The third-order valence-corrected chi connectivity index (χ3v) is 10.2. The molecule has 0 aromatic rings. The Hall–Kier alpha value is -3.22. The van der Waals surface area contributed by atoms with E-state index in [0.717, 1.165) is 96.3 Å². The van der Waals surface area contributed by atoms with Gasteiger partial charge in [-0.3, -0.25) is 9.59 Å². The molecule has 0 aromatic heterocycles. The molecule has 3 atom stereocenters. The fourth-order valence-electron chi connectivity index (χ4n) is 6.60. The Morgan fingerprint density at radius 3 is 1.37 bits per heavy atom. The Kier molecular flexibility index (Phi) is 43.4. The van der Waals surface area contributed by atoms with Crippen LogP contribution < -0.4 is 5.32 Å². The second-order valence-corrected chi connectivity index (χ2v) is 15.7. The average Bonchev–Trinajstić information content (AvgIpc) is 3.23. The molecule has 59 heavy (non-hydrogen) atoms. The predicted octanol–water partition coefficient (Wildman–Crippen LogP) is 14.2. The van der Waals surface area contributed by atoms with Gasteiger partial charge in [0, 0.05) is 6.42 Å². The number of carbonyl (C=O) groups excluding carboxylic acids is 2. The fraction of sp³-hybridized carbons (Fsp3) is 0.660. The summed E-state index contributed by atoms with van der Waals surface area (Å²) in [5.74, 6) is -0.593. The number of unbranched alkanes of at least 4 members (excludes halogenated alkanes) is 13. The molecule has 0 heterocycles. The first kappa shape index (κ1) is 55.8. The van der Waals surface area contributed by atoms with Crippen LogP contribution >= 0.6 is 0 Å². The minimum Gasteiger partial charge on any atom is -0.462 e. The summed E-state index contributed by atoms with van der Waals surface area (Å²) in [6, 6.07) is -0.729. The van der Waals surface area contributed by atoms with Gasteiger partial charge in [-0.15, -0.1) is 0 Å². The molecule has 0 aliphatic carbocycles. The van der Waals surface area contributed by atoms with Crippen LogP contribution in [0.3, 0.4) is 0 Å². The zero-order valence-corrected chi connectivity index (χ0v) is 38.1. The van der Waals surface area contributed by atoms with Gasteiger partial charge in [0.2, 0.25) is 5.91 Å². The van der Waals surface area contributed by atoms with E-state index in [-0.39, 0.29) is 24.9 Å². The van der Waals surface area contributed by atoms with Crippen molar-refractivity contribution in [3.05, 3.63) is 97.2 Å². The molecule has 1 amide bonds. The van der Waals surface area contributed by atoms with Gasteiger partial charge >= 0.3 is 5.97 Å². The Morgan fingerprint density at radius 1 is 0.508 bits per heavy atom. The zero-order valence-electron chi connectivity index (χ0n) is 38.1. The maximum atomic E-state index is 13.1. The molecule has 0 spiro atoms. The number of esters is 1. The van der Waals surface area contributed by atoms with Crippen molar-refractivity contribution in [1.29, 1.82) is 0 Å². The number of aliphatic hydroxyl groups is 2. The average molecular weight is 820 g/mol. The lowest BCUT2D eigenvalue weighted by Crippen LogP contribution is -2.46. The van der Waals surface area contributed by atoms with E-state index >= 15 is 0 Å². The summed E-state index contributed by atoms with van der Waals surface area (Å²) in [4.78, 5) is 26.0. The van der Waals surface area contributed by atoms with Crippen molar-refractivity contribution in [3.63, 3.8) is 0 Å². The minimum atomic E-state index is -0.811. The van der Waals surface area contributed by atoms with Gasteiger partial charge in [-0.25, -0.2) is 0 Å². The molecule has 0 rings (SSSR count). The third kappa shape index (κ3) is 41.3. The Balaban J connectivity index is 4.74. The molecule has 0 bridgehead atoms. The van der Waals surface area contributed by atoms with E-state index in [0.29, 0.717) is 25.7 Å². The molecule has 0 aliphatic heterocycles. The van der Waals surface area contributed by atoms with Crippen LogP contribution in [-0.2, 0) is 14.3 Å². The lowest BCUT2D eigenvalue weighted by molar-refractivity contribution is -0.151. The first-order valence-electron chi connectivity index (χ1n) is 24.0. The van der Waals surface area contributed by atoms with E-state index in [1.807, 2.05) is 0 Å². The lowest BCUT2D eigenvalue weighted by atomic mass is 10.0. The quantitative estimate of drug-likeness (QED) is 0.0324. The number of allylic oxidation sites excluding steroid dienone is 16. The van der Waals surface area contributed by atoms with Gasteiger partial charge in [-0.1, -0.05) is 189 Å². The van der Waals surface area contributed by atoms with Crippen LogP contribution in [0.4, 0.5) is 0 Å². The maximum Gasteiger partial charge on any atom is 0.306 e. The van der Waals surface area contributed by atoms with E-state index in [4.69, 9.17) is 4.74 Å². The Morgan fingerprint density at radius 2 is 0.915 bits per heavy atom. The largest absolute Gasteiger partial charge is 0.462 e. The highest BCUT2D eigenvalue weighted by molar-refractivity contribution is 5.77. The van der Waals surface area contributed by atoms with Crippen molar-refractivity contribution in [1.82, 2.24) is 5.32 Å². The Labute approximate surface area is 363 Å². The van der Waals surface area contributed by atoms with Crippen LogP contribution in [0.1, 0.15) is 201 Å². The number of amides is 1. The van der Waals surface area contributed by atoms with Crippen molar-refractivity contribution in [3.8, 4) is 0 Å². The molecule has 336 valence electrons. The van der Waals surface area contributed by atoms with Gasteiger partial charge < -0.3 is 20.3 Å². The summed E-state index contributed by atoms with van der Waals surface area (Å²) in [5.41, 5.74) is 0. The van der Waals surface area contributed by atoms with Crippen molar-refractivity contribution in [2.24, 2.45) is 0 Å². The molecule has 0 aliphatic rings. The van der Waals surface area contributed by atoms with Crippen molar-refractivity contribution < 1.29 is 24.5 Å². The normalized spacial score (nSPS) is 14.2. The summed E-state index contributed by atoms with van der Waals surface area (Å²) in [7, 11) is 0. The predicted molar refractivity (Wildman–Crippen MR) is 254 cm³/mol. The van der Waals surface area contributed by atoms with Gasteiger partial charge in [0.15, 0.2) is 0 Å². The van der Waals surface area contributed by atoms with Crippen molar-refractivity contribution >= 4 is 11.9 Å². The summed E-state index contributed by atoms with van der Waals surface area (Å²) in [6.45, 7) is 6.20. The van der Waals surface area contributed by atoms with Gasteiger partial charge in [-0.2, -0.15) is 0 Å². The van der Waals surface area contributed by atoms with Crippen molar-refractivity contribution in [2.75, 3.05) is 6.61 Å². The number of hydrogen-bond donors (Lipinski definition) is 3. The maximum absolute atomic E-state index is 13.1. The standard InChI is InChI=1S/C53H89NO5/c1-4-7-10-13-16-19-22-24-25-26-27-28-31-34-37-40-43-46-53(58)59-49(44-41-38-35-32-30-23-20-17-14-11-8-5-2)47-52(57)54-50(48-55)51(56)45-42-39-36-33-29-21-18-15-12-9-6-3/h7-8,10-11,16-17,19-20,24-25,27-28,30,32,34,37,49-51,55-56H,4-6,9,12-15,18,21-23,26,29,31,33,35-36,38-48H2,1-3H3,(H,54,57)/b10-7-,11-8+,19-16-,20-17+,25-24-,28-27-,32-30+,37-34-. The van der Waals surface area contributed by atoms with Gasteiger partial charge in [0.25, 0.3) is 0 Å². The van der Waals surface area contributed by atoms with Crippen LogP contribution in [0.25, 0.3) is 0 Å². The summed E-state index contributed by atoms with van der Waals surface area (Å²) in [6.07, 6.45) is 60.4. The van der Waals surface area contributed by atoms with E-state index in [1.165, 1.54) is 51.4 Å². The summed E-state index contributed by atoms with van der Waals surface area (Å²) >= 11 is 0. The number of carbonyl (C=O) groups is 2. The molecule has 3 unspecified atom stereocenters. The molecular formula is C53H89NO5. The smallest absolute Gasteiger partial charge is 0.306 e. The third-order valence-electron chi connectivity index (χ3n) is 10.2. The topological polar surface area (TPSA) is 95.9 Å². The second-order valence-electron chi connectivity index (χ2n) is 15.7. The van der Waals surface area contributed by atoms with E-state index < -0.39 is 18.2 Å². The molecule has 6 heteroatoms. The van der Waals surface area contributed by atoms with Crippen LogP contribution in [0, 0.1) is 0 Å². The summed E-state index contributed by atoms with van der Waals surface area (Å²) in [5, 5.41) is 23.6. The molecule has 0 saturated heterocycles. The molecule has 0 radical (unpaired) electrons. The number of aliphatic hydroxyl groups excluding tert-OH is 2. The number of hydrogen-bond acceptors (Lipinski definition) is 5. The number of ether oxygens (including phenoxy) is 1. The fourth-order valence-corrected chi connectivity index (χ4v) is 6.60. The van der Waals surface area contributed by atoms with E-state index in [1.54, 1.807) is 0 Å². The van der Waals surface area contributed by atoms with E-state index in [2.05, 4.69) is 123 Å². The highest BCUT2D eigenvalue weighted by Gasteiger charge is 2.24. The van der Waals surface area contributed by atoms with Gasteiger partial charge in [-0.05, 0) is 96.3 Å². The molecule has 6 nitrogen and oxygen atoms in total. The zero-order chi connectivity index (χ0) is 43.1. The molecule has 0 saturated carbocycles. The molecular weight excluding hydrogens is 731 g/mol. The van der Waals surface area contributed by atoms with E-state index in [9.17, 15) is 19.8 Å². The first-order chi connectivity index (χ1) is 29.0. The summed E-state index contributed by atoms with van der Waals surface area (Å²) < 4.78 is 5.86. The molecule has 0 aromatic carbocycles. The lowest BCUT2D eigenvalue weighted by Gasteiger charge is -2.24. The van der Waals surface area contributed by atoms with Crippen LogP contribution in [0.2, 0.25) is 0 Å². The second kappa shape index (κ2) is 45.9. The van der Waals surface area contributed by atoms with Crippen LogP contribution in [0.15, 0.2) is 97.2 Å². The monoisotopic (exact) mass is 820 g/mol. The van der Waals surface area contributed by atoms with Crippen LogP contribution in [0.5, 0.6) is 0 Å². The molecule has 3 N–H and O–H groups in total. The number of rotatable bonds is 41. The first-order valence-corrected chi connectivity index (χ1v) is 24.0. The van der Waals surface area contributed by atoms with Crippen molar-refractivity contribution in [2.45, 2.75) is 219 Å². The highest BCUT2D eigenvalue weighted by atomic mass is 16.5. The molecule has 0 fully saturated rings. The van der Waals surface area contributed by atoms with Crippen LogP contribution in [-0.4, -0.2) is 46.9 Å². The minimum absolute atomic E-state index is 0.0231. The Bertz CT molecular complexity index is 1190. The van der Waals surface area contributed by atoms with Gasteiger partial charge in [0.1, 0.15) is 6.10 Å².